The maximum absolute atomic E-state index is 12.1. The van der Waals surface area contributed by atoms with Gasteiger partial charge in [0.1, 0.15) is 29.1 Å². The highest BCUT2D eigenvalue weighted by Gasteiger charge is 2.19. The van der Waals surface area contributed by atoms with E-state index in [0.29, 0.717) is 23.2 Å². The third-order valence-corrected chi connectivity index (χ3v) is 4.38. The predicted octanol–water partition coefficient (Wildman–Crippen LogP) is 2.99. The number of rotatable bonds is 5. The first-order valence-electron chi connectivity index (χ1n) is 8.51. The van der Waals surface area contributed by atoms with Crippen molar-refractivity contribution in [1.29, 1.82) is 10.5 Å². The van der Waals surface area contributed by atoms with Gasteiger partial charge in [0, 0.05) is 24.2 Å². The topological polar surface area (TPSA) is 110 Å². The lowest BCUT2D eigenvalue weighted by Gasteiger charge is -2.30. The number of benzene rings is 1. The molecule has 0 bridgehead atoms. The van der Waals surface area contributed by atoms with Gasteiger partial charge in [-0.3, -0.25) is 9.69 Å². The van der Waals surface area contributed by atoms with Gasteiger partial charge in [0.05, 0.1) is 0 Å². The van der Waals surface area contributed by atoms with Gasteiger partial charge < -0.3 is 10.7 Å². The fourth-order valence-electron chi connectivity index (χ4n) is 3.13. The van der Waals surface area contributed by atoms with E-state index in [2.05, 4.69) is 37.6 Å². The number of H-pyrrole nitrogens is 1. The fraction of sp³-hybridized carbons (Fsp3) is 0.350. The van der Waals surface area contributed by atoms with Crippen LogP contribution < -0.4 is 11.3 Å². The van der Waals surface area contributed by atoms with E-state index in [1.807, 2.05) is 30.3 Å². The Kier molecular flexibility index (Phi) is 5.82. The van der Waals surface area contributed by atoms with E-state index in [1.165, 1.54) is 0 Å². The summed E-state index contributed by atoms with van der Waals surface area (Å²) in [5.41, 5.74) is 7.19. The minimum Gasteiger partial charge on any atom is -0.384 e. The van der Waals surface area contributed by atoms with Crippen LogP contribution >= 0.6 is 0 Å². The van der Waals surface area contributed by atoms with Gasteiger partial charge in [-0.1, -0.05) is 18.2 Å². The number of aromatic nitrogens is 1. The smallest absolute Gasteiger partial charge is 0.268 e. The first kappa shape index (κ1) is 19.2. The molecule has 3 N–H and O–H groups in total. The van der Waals surface area contributed by atoms with Crippen LogP contribution in [0, 0.1) is 22.7 Å². The molecule has 1 heterocycles. The molecule has 0 fully saturated rings. The van der Waals surface area contributed by atoms with Crippen molar-refractivity contribution in [2.24, 2.45) is 0 Å². The zero-order chi connectivity index (χ0) is 19.4. The molecule has 0 aliphatic heterocycles. The summed E-state index contributed by atoms with van der Waals surface area (Å²) in [6.45, 7) is 9.29. The van der Waals surface area contributed by atoms with E-state index in [-0.39, 0.29) is 16.9 Å². The number of hydrogen-bond donors (Lipinski definition) is 2. The molecule has 0 spiro atoms. The Hall–Kier alpha value is -3.09. The van der Waals surface area contributed by atoms with E-state index in [9.17, 15) is 15.3 Å². The lowest BCUT2D eigenvalue weighted by Crippen LogP contribution is -2.36. The molecule has 1 aromatic carbocycles. The summed E-state index contributed by atoms with van der Waals surface area (Å²) in [5.74, 6) is -0.0251. The first-order chi connectivity index (χ1) is 12.3. The molecule has 0 aliphatic carbocycles. The summed E-state index contributed by atoms with van der Waals surface area (Å²) in [5, 5.41) is 18.9. The van der Waals surface area contributed by atoms with Crippen molar-refractivity contribution in [2.75, 3.05) is 5.73 Å². The van der Waals surface area contributed by atoms with E-state index in [1.54, 1.807) is 6.07 Å². The van der Waals surface area contributed by atoms with Gasteiger partial charge in [0.25, 0.3) is 5.56 Å². The Balaban J connectivity index is 2.61. The number of aromatic amines is 1. The predicted molar refractivity (Wildman–Crippen MR) is 102 cm³/mol. The second kappa shape index (κ2) is 7.86. The highest BCUT2D eigenvalue weighted by Crippen LogP contribution is 2.29. The zero-order valence-corrected chi connectivity index (χ0v) is 15.5. The summed E-state index contributed by atoms with van der Waals surface area (Å²) in [6, 6.07) is 12.2. The zero-order valence-electron chi connectivity index (χ0n) is 15.5. The number of pyridine rings is 1. The second-order valence-corrected chi connectivity index (χ2v) is 6.78. The molecule has 0 amide bonds. The molecule has 0 atom stereocenters. The molecular weight excluding hydrogens is 326 g/mol. The molecule has 134 valence electrons. The van der Waals surface area contributed by atoms with Gasteiger partial charge in [0.15, 0.2) is 0 Å². The number of nitrogen functional groups attached to an aromatic ring is 1. The number of nitrogens with two attached hydrogens (primary N) is 1. The molecule has 0 saturated heterocycles. The summed E-state index contributed by atoms with van der Waals surface area (Å²) in [4.78, 5) is 16.8. The van der Waals surface area contributed by atoms with Gasteiger partial charge >= 0.3 is 0 Å². The van der Waals surface area contributed by atoms with Crippen LogP contribution in [0.5, 0.6) is 0 Å². The van der Waals surface area contributed by atoms with Crippen LogP contribution in [-0.2, 0) is 6.54 Å². The standard InChI is InChI=1S/C20H23N5O/c1-12(2)25(13(3)4)11-14-6-5-7-15(8-14)18-16(9-21)19(23)24-20(26)17(18)10-22/h5-8,12-13H,11H2,1-4H3,(H3,23,24,26). The Morgan fingerprint density at radius 3 is 2.27 bits per heavy atom. The molecule has 26 heavy (non-hydrogen) atoms. The Morgan fingerprint density at radius 1 is 1.12 bits per heavy atom. The molecular formula is C20H23N5O. The quantitative estimate of drug-likeness (QED) is 0.862. The molecule has 0 radical (unpaired) electrons. The summed E-state index contributed by atoms with van der Waals surface area (Å²) in [7, 11) is 0. The third-order valence-electron chi connectivity index (χ3n) is 4.38. The van der Waals surface area contributed by atoms with Crippen molar-refractivity contribution in [2.45, 2.75) is 46.3 Å². The van der Waals surface area contributed by atoms with Crippen LogP contribution in [-0.4, -0.2) is 22.0 Å². The van der Waals surface area contributed by atoms with E-state index < -0.39 is 5.56 Å². The number of hydrogen-bond acceptors (Lipinski definition) is 5. The minimum atomic E-state index is -0.588. The Morgan fingerprint density at radius 2 is 1.73 bits per heavy atom. The normalized spacial score (nSPS) is 11.0. The average Bonchev–Trinajstić information content (AvgIpc) is 2.58. The van der Waals surface area contributed by atoms with Crippen LogP contribution in [0.1, 0.15) is 44.4 Å². The van der Waals surface area contributed by atoms with Crippen molar-refractivity contribution < 1.29 is 0 Å². The highest BCUT2D eigenvalue weighted by molar-refractivity contribution is 5.80. The van der Waals surface area contributed by atoms with E-state index in [0.717, 1.165) is 12.1 Å². The lowest BCUT2D eigenvalue weighted by molar-refractivity contribution is 0.166. The van der Waals surface area contributed by atoms with Crippen molar-refractivity contribution in [3.8, 4) is 23.3 Å². The number of nitrogens with zero attached hydrogens (tertiary/aromatic N) is 3. The van der Waals surface area contributed by atoms with Crippen LogP contribution in [0.25, 0.3) is 11.1 Å². The van der Waals surface area contributed by atoms with Crippen molar-refractivity contribution in [1.82, 2.24) is 9.88 Å². The first-order valence-corrected chi connectivity index (χ1v) is 8.51. The molecule has 0 aliphatic rings. The van der Waals surface area contributed by atoms with E-state index >= 15 is 0 Å². The molecule has 6 nitrogen and oxygen atoms in total. The van der Waals surface area contributed by atoms with Crippen LogP contribution in [0.4, 0.5) is 5.82 Å². The van der Waals surface area contributed by atoms with Crippen LogP contribution in [0.2, 0.25) is 0 Å². The largest absolute Gasteiger partial charge is 0.384 e. The van der Waals surface area contributed by atoms with Gasteiger partial charge in [-0.25, -0.2) is 0 Å². The maximum Gasteiger partial charge on any atom is 0.268 e. The summed E-state index contributed by atoms with van der Waals surface area (Å²) >= 11 is 0. The second-order valence-electron chi connectivity index (χ2n) is 6.78. The highest BCUT2D eigenvalue weighted by atomic mass is 16.1. The molecule has 2 aromatic rings. The van der Waals surface area contributed by atoms with Crippen molar-refractivity contribution >= 4 is 5.82 Å². The average molecular weight is 349 g/mol. The van der Waals surface area contributed by atoms with Crippen LogP contribution in [0.15, 0.2) is 29.1 Å². The number of nitriles is 2. The Bertz CT molecular complexity index is 936. The SMILES string of the molecule is CC(C)N(Cc1cccc(-c2c(C#N)c(N)[nH]c(=O)c2C#N)c1)C(C)C. The molecule has 0 saturated carbocycles. The Labute approximate surface area is 153 Å². The molecule has 0 unspecified atom stereocenters. The third kappa shape index (κ3) is 3.77. The minimum absolute atomic E-state index is 0.0251. The molecule has 2 rings (SSSR count). The van der Waals surface area contributed by atoms with Gasteiger partial charge in [-0.05, 0) is 44.9 Å². The van der Waals surface area contributed by atoms with Gasteiger partial charge in [-0.15, -0.1) is 0 Å². The maximum atomic E-state index is 12.1. The molecule has 1 aromatic heterocycles. The van der Waals surface area contributed by atoms with Gasteiger partial charge in [-0.2, -0.15) is 10.5 Å². The van der Waals surface area contributed by atoms with Crippen molar-refractivity contribution in [3.05, 3.63) is 51.3 Å². The monoisotopic (exact) mass is 349 g/mol. The van der Waals surface area contributed by atoms with Crippen LogP contribution in [0.3, 0.4) is 0 Å². The lowest BCUT2D eigenvalue weighted by atomic mass is 9.95. The number of nitrogens with one attached hydrogen (secondary N) is 1. The van der Waals surface area contributed by atoms with Crippen molar-refractivity contribution in [3.63, 3.8) is 0 Å². The van der Waals surface area contributed by atoms with Gasteiger partial charge in [0.2, 0.25) is 0 Å². The number of anilines is 1. The summed E-state index contributed by atoms with van der Waals surface area (Å²) < 4.78 is 0. The van der Waals surface area contributed by atoms with E-state index in [4.69, 9.17) is 5.73 Å². The molecule has 6 heteroatoms. The fourth-order valence-corrected chi connectivity index (χ4v) is 3.13. The summed E-state index contributed by atoms with van der Waals surface area (Å²) in [6.07, 6.45) is 0.